The van der Waals surface area contributed by atoms with Crippen molar-refractivity contribution in [2.45, 2.75) is 6.42 Å². The van der Waals surface area contributed by atoms with Crippen molar-refractivity contribution in [2.75, 3.05) is 30.4 Å². The minimum Gasteiger partial charge on any atom is -0.325 e. The second kappa shape index (κ2) is 7.94. The fraction of sp³-hybridized carbons (Fsp3) is 0.417. The lowest BCUT2D eigenvalue weighted by Crippen LogP contribution is -2.29. The summed E-state index contributed by atoms with van der Waals surface area (Å²) < 4.78 is 23.6. The summed E-state index contributed by atoms with van der Waals surface area (Å²) in [6, 6.07) is 5.74. The second-order valence-corrected chi connectivity index (χ2v) is 5.42. The summed E-state index contributed by atoms with van der Waals surface area (Å²) in [5.41, 5.74) is 0.441. The summed E-state index contributed by atoms with van der Waals surface area (Å²) in [6.07, 6.45) is 2.41. The zero-order valence-corrected chi connectivity index (χ0v) is 11.1. The van der Waals surface area contributed by atoms with Gasteiger partial charge in [0.1, 0.15) is 5.82 Å². The predicted molar refractivity (Wildman–Crippen MR) is 71.4 cm³/mol. The Labute approximate surface area is 108 Å². The van der Waals surface area contributed by atoms with Gasteiger partial charge in [0.25, 0.3) is 0 Å². The third kappa shape index (κ3) is 6.46. The van der Waals surface area contributed by atoms with Crippen LogP contribution in [-0.2, 0) is 15.6 Å². The molecule has 6 heteroatoms. The van der Waals surface area contributed by atoms with Crippen molar-refractivity contribution >= 4 is 22.4 Å². The highest BCUT2D eigenvalue weighted by atomic mass is 32.2. The number of nitrogens with one attached hydrogen (secondary N) is 2. The van der Waals surface area contributed by atoms with E-state index >= 15 is 0 Å². The van der Waals surface area contributed by atoms with E-state index in [0.717, 1.165) is 6.42 Å². The highest BCUT2D eigenvalue weighted by Gasteiger charge is 2.02. The molecule has 100 valence electrons. The molecule has 2 N–H and O–H groups in total. The molecule has 4 nitrogen and oxygen atoms in total. The maximum absolute atomic E-state index is 12.8. The highest BCUT2D eigenvalue weighted by Crippen LogP contribution is 2.08. The molecular weight excluding hydrogens is 255 g/mol. The van der Waals surface area contributed by atoms with Crippen molar-refractivity contribution in [1.82, 2.24) is 5.32 Å². The van der Waals surface area contributed by atoms with Crippen LogP contribution in [0.2, 0.25) is 0 Å². The smallest absolute Gasteiger partial charge is 0.238 e. The van der Waals surface area contributed by atoms with E-state index in [0.29, 0.717) is 18.0 Å². The van der Waals surface area contributed by atoms with E-state index in [4.69, 9.17) is 0 Å². The van der Waals surface area contributed by atoms with Crippen LogP contribution in [0.4, 0.5) is 10.1 Å². The van der Waals surface area contributed by atoms with E-state index < -0.39 is 10.8 Å². The van der Waals surface area contributed by atoms with Gasteiger partial charge in [0.2, 0.25) is 5.91 Å². The van der Waals surface area contributed by atoms with Crippen LogP contribution in [0.1, 0.15) is 6.42 Å². The number of amides is 1. The number of hydrogen-bond donors (Lipinski definition) is 2. The Bertz CT molecular complexity index is 426. The molecule has 0 aromatic heterocycles. The molecule has 1 amide bonds. The fourth-order valence-electron chi connectivity index (χ4n) is 1.37. The average Bonchev–Trinajstić information content (AvgIpc) is 2.28. The normalized spacial score (nSPS) is 12.1. The number of rotatable bonds is 7. The number of benzene rings is 1. The lowest BCUT2D eigenvalue weighted by Gasteiger charge is -2.06. The molecule has 0 aliphatic carbocycles. The van der Waals surface area contributed by atoms with Gasteiger partial charge in [0.05, 0.1) is 6.54 Å². The molecule has 0 fully saturated rings. The Hall–Kier alpha value is -1.27. The maximum atomic E-state index is 12.8. The Morgan fingerprint density at radius 1 is 1.44 bits per heavy atom. The summed E-state index contributed by atoms with van der Waals surface area (Å²) >= 11 is 0. The molecule has 0 saturated heterocycles. The summed E-state index contributed by atoms with van der Waals surface area (Å²) in [5.74, 6) is 0.0165. The Kier molecular flexibility index (Phi) is 6.53. The van der Waals surface area contributed by atoms with Crippen molar-refractivity contribution in [2.24, 2.45) is 0 Å². The van der Waals surface area contributed by atoms with Crippen molar-refractivity contribution in [3.63, 3.8) is 0 Å². The van der Waals surface area contributed by atoms with Gasteiger partial charge in [-0.1, -0.05) is 6.07 Å². The minimum absolute atomic E-state index is 0.160. The van der Waals surface area contributed by atoms with Crippen LogP contribution < -0.4 is 10.6 Å². The molecule has 0 heterocycles. The first kappa shape index (κ1) is 14.8. The van der Waals surface area contributed by atoms with Gasteiger partial charge >= 0.3 is 0 Å². The molecule has 0 aliphatic heterocycles. The molecule has 1 rings (SSSR count). The van der Waals surface area contributed by atoms with E-state index in [-0.39, 0.29) is 18.3 Å². The summed E-state index contributed by atoms with van der Waals surface area (Å²) in [7, 11) is -0.796. The molecule has 18 heavy (non-hydrogen) atoms. The molecular formula is C12H17FN2O2S. The fourth-order valence-corrected chi connectivity index (χ4v) is 1.92. The van der Waals surface area contributed by atoms with Gasteiger partial charge in [0, 0.05) is 28.5 Å². The van der Waals surface area contributed by atoms with Crippen LogP contribution in [0.25, 0.3) is 0 Å². The third-order valence-corrected chi connectivity index (χ3v) is 3.04. The van der Waals surface area contributed by atoms with Gasteiger partial charge in [-0.05, 0) is 31.2 Å². The van der Waals surface area contributed by atoms with Crippen LogP contribution >= 0.6 is 0 Å². The van der Waals surface area contributed by atoms with E-state index in [1.807, 2.05) is 0 Å². The van der Waals surface area contributed by atoms with Gasteiger partial charge in [-0.25, -0.2) is 4.39 Å². The quantitative estimate of drug-likeness (QED) is 0.731. The molecule has 0 spiro atoms. The van der Waals surface area contributed by atoms with Crippen molar-refractivity contribution < 1.29 is 13.4 Å². The first-order valence-corrected chi connectivity index (χ1v) is 7.37. The summed E-state index contributed by atoms with van der Waals surface area (Å²) in [6.45, 7) is 0.795. The molecule has 1 aromatic rings. The molecule has 1 atom stereocenters. The first-order valence-electron chi connectivity index (χ1n) is 5.64. The lowest BCUT2D eigenvalue weighted by atomic mass is 10.3. The van der Waals surface area contributed by atoms with Gasteiger partial charge in [0.15, 0.2) is 0 Å². The van der Waals surface area contributed by atoms with E-state index in [1.165, 1.54) is 18.2 Å². The van der Waals surface area contributed by atoms with Crippen molar-refractivity contribution in [3.8, 4) is 0 Å². The zero-order valence-electron chi connectivity index (χ0n) is 10.2. The molecule has 0 bridgehead atoms. The van der Waals surface area contributed by atoms with Gasteiger partial charge < -0.3 is 10.6 Å². The number of carbonyl (C=O) groups is 1. The standard InChI is InChI=1S/C12H17FN2O2S/c1-18(17)7-3-6-14-9-12(16)15-11-5-2-4-10(13)8-11/h2,4-5,8,14H,3,6-7,9H2,1H3,(H,15,16). The number of anilines is 1. The van der Waals surface area contributed by atoms with Crippen LogP contribution in [0.5, 0.6) is 0 Å². The predicted octanol–water partition coefficient (Wildman–Crippen LogP) is 1.12. The Morgan fingerprint density at radius 3 is 2.89 bits per heavy atom. The average molecular weight is 272 g/mol. The third-order valence-electron chi connectivity index (χ3n) is 2.18. The van der Waals surface area contributed by atoms with Crippen molar-refractivity contribution in [3.05, 3.63) is 30.1 Å². The number of halogens is 1. The van der Waals surface area contributed by atoms with Gasteiger partial charge in [-0.2, -0.15) is 0 Å². The SMILES string of the molecule is CS(=O)CCCNCC(=O)Nc1cccc(F)c1. The zero-order chi connectivity index (χ0) is 13.4. The van der Waals surface area contributed by atoms with E-state index in [1.54, 1.807) is 12.3 Å². The van der Waals surface area contributed by atoms with Gasteiger partial charge in [-0.3, -0.25) is 9.00 Å². The molecule has 0 aliphatic rings. The number of carbonyl (C=O) groups excluding carboxylic acids is 1. The van der Waals surface area contributed by atoms with Crippen LogP contribution in [0.3, 0.4) is 0 Å². The molecule has 1 unspecified atom stereocenters. The largest absolute Gasteiger partial charge is 0.325 e. The van der Waals surface area contributed by atoms with Gasteiger partial charge in [-0.15, -0.1) is 0 Å². The van der Waals surface area contributed by atoms with Crippen molar-refractivity contribution in [1.29, 1.82) is 0 Å². The number of hydrogen-bond acceptors (Lipinski definition) is 3. The Morgan fingerprint density at radius 2 is 2.22 bits per heavy atom. The maximum Gasteiger partial charge on any atom is 0.238 e. The highest BCUT2D eigenvalue weighted by molar-refractivity contribution is 7.84. The Balaban J connectivity index is 2.20. The van der Waals surface area contributed by atoms with E-state index in [9.17, 15) is 13.4 Å². The summed E-state index contributed by atoms with van der Waals surface area (Å²) in [5, 5.41) is 5.52. The first-order chi connectivity index (χ1) is 8.58. The van der Waals surface area contributed by atoms with Crippen LogP contribution in [0, 0.1) is 5.82 Å². The minimum atomic E-state index is -0.796. The van der Waals surface area contributed by atoms with Crippen LogP contribution in [0.15, 0.2) is 24.3 Å². The monoisotopic (exact) mass is 272 g/mol. The lowest BCUT2D eigenvalue weighted by molar-refractivity contribution is -0.115. The second-order valence-electron chi connectivity index (χ2n) is 3.87. The van der Waals surface area contributed by atoms with Crippen LogP contribution in [-0.4, -0.2) is 35.2 Å². The summed E-state index contributed by atoms with van der Waals surface area (Å²) in [4.78, 5) is 11.5. The topological polar surface area (TPSA) is 58.2 Å². The molecule has 0 saturated carbocycles. The van der Waals surface area contributed by atoms with E-state index in [2.05, 4.69) is 10.6 Å². The molecule has 0 radical (unpaired) electrons. The molecule has 1 aromatic carbocycles.